The van der Waals surface area contributed by atoms with Gasteiger partial charge in [-0.3, -0.25) is 10.1 Å². The average Bonchev–Trinajstić information content (AvgIpc) is 2.65. The number of methoxy groups -OCH3 is 1. The Bertz CT molecular complexity index is 798. The number of ether oxygens (including phenoxy) is 3. The first kappa shape index (κ1) is 19.0. The number of esters is 1. The molecule has 2 rings (SSSR count). The molecule has 0 aromatic heterocycles. The number of rotatable bonds is 8. The lowest BCUT2D eigenvalue weighted by Gasteiger charge is -2.10. The van der Waals surface area contributed by atoms with Crippen LogP contribution in [-0.4, -0.2) is 24.6 Å². The summed E-state index contributed by atoms with van der Waals surface area (Å²) in [6.45, 7) is 1.80. The lowest BCUT2D eigenvalue weighted by molar-refractivity contribution is -0.400. The predicted octanol–water partition coefficient (Wildman–Crippen LogP) is 3.49. The highest BCUT2D eigenvalue weighted by atomic mass is 16.6. The normalized spacial score (nSPS) is 10.5. The molecule has 0 fully saturated rings. The van der Waals surface area contributed by atoms with Crippen LogP contribution in [0.15, 0.2) is 48.7 Å². The second-order valence-electron chi connectivity index (χ2n) is 5.27. The molecule has 26 heavy (non-hydrogen) atoms. The zero-order valence-electron chi connectivity index (χ0n) is 14.5. The minimum absolute atomic E-state index is 0.209. The molecule has 136 valence electrons. The maximum Gasteiger partial charge on any atom is 0.349 e. The standard InChI is InChI=1S/C19H19NO6/c1-3-14-4-7-16(8-5-14)25-13-19(21)26-17-9-6-15(10-11-20(22)23)12-18(17)24-2/h4-12H,3,13H2,1-2H3/b11-10+. The molecule has 2 aromatic rings. The van der Waals surface area contributed by atoms with Gasteiger partial charge in [-0.1, -0.05) is 25.1 Å². The van der Waals surface area contributed by atoms with E-state index in [9.17, 15) is 14.9 Å². The average molecular weight is 357 g/mol. The van der Waals surface area contributed by atoms with Gasteiger partial charge in [0.05, 0.1) is 12.0 Å². The van der Waals surface area contributed by atoms with E-state index in [4.69, 9.17) is 14.2 Å². The Hall–Kier alpha value is -3.35. The fourth-order valence-electron chi connectivity index (χ4n) is 2.13. The third-order valence-corrected chi connectivity index (χ3v) is 3.49. The molecule has 0 radical (unpaired) electrons. The monoisotopic (exact) mass is 357 g/mol. The predicted molar refractivity (Wildman–Crippen MR) is 96.0 cm³/mol. The van der Waals surface area contributed by atoms with Crippen molar-refractivity contribution in [3.63, 3.8) is 0 Å². The first-order chi connectivity index (χ1) is 12.5. The van der Waals surface area contributed by atoms with Gasteiger partial charge in [0.25, 0.3) is 0 Å². The van der Waals surface area contributed by atoms with Gasteiger partial charge in [-0.25, -0.2) is 4.79 Å². The Morgan fingerprint density at radius 1 is 1.15 bits per heavy atom. The number of carbonyl (C=O) groups is 1. The van der Waals surface area contributed by atoms with Crippen LogP contribution >= 0.6 is 0 Å². The topological polar surface area (TPSA) is 87.9 Å². The molecule has 0 saturated carbocycles. The van der Waals surface area contributed by atoms with E-state index in [1.165, 1.54) is 30.9 Å². The zero-order chi connectivity index (χ0) is 18.9. The summed E-state index contributed by atoms with van der Waals surface area (Å²) >= 11 is 0. The fraction of sp³-hybridized carbons (Fsp3) is 0.211. The quantitative estimate of drug-likeness (QED) is 0.311. The van der Waals surface area contributed by atoms with E-state index in [0.717, 1.165) is 12.6 Å². The molecule has 0 aliphatic rings. The SMILES string of the molecule is CCc1ccc(OCC(=O)Oc2ccc(/C=C/[N+](=O)[O-])cc2OC)cc1. The van der Waals surface area contributed by atoms with Crippen molar-refractivity contribution in [3.8, 4) is 17.2 Å². The molecule has 0 heterocycles. The lowest BCUT2D eigenvalue weighted by atomic mass is 10.2. The molecule has 0 N–H and O–H groups in total. The zero-order valence-corrected chi connectivity index (χ0v) is 14.5. The van der Waals surface area contributed by atoms with Gasteiger partial charge in [-0.05, 0) is 41.8 Å². The largest absolute Gasteiger partial charge is 0.493 e. The summed E-state index contributed by atoms with van der Waals surface area (Å²) in [5.41, 5.74) is 1.72. The van der Waals surface area contributed by atoms with Crippen molar-refractivity contribution in [2.45, 2.75) is 13.3 Å². The van der Waals surface area contributed by atoms with Crippen molar-refractivity contribution in [2.24, 2.45) is 0 Å². The molecular formula is C19H19NO6. The van der Waals surface area contributed by atoms with E-state index in [1.54, 1.807) is 18.2 Å². The van der Waals surface area contributed by atoms with Crippen LogP contribution in [0.25, 0.3) is 6.08 Å². The van der Waals surface area contributed by atoms with Gasteiger partial charge < -0.3 is 14.2 Å². The number of nitro groups is 1. The number of carbonyl (C=O) groups excluding carboxylic acids is 1. The van der Waals surface area contributed by atoms with Crippen molar-refractivity contribution in [1.29, 1.82) is 0 Å². The van der Waals surface area contributed by atoms with Gasteiger partial charge in [0.1, 0.15) is 5.75 Å². The highest BCUT2D eigenvalue weighted by Gasteiger charge is 2.11. The van der Waals surface area contributed by atoms with Gasteiger partial charge in [0.15, 0.2) is 18.1 Å². The molecule has 0 bridgehead atoms. The van der Waals surface area contributed by atoms with Crippen LogP contribution in [0, 0.1) is 10.1 Å². The van der Waals surface area contributed by atoms with E-state index in [0.29, 0.717) is 11.3 Å². The summed E-state index contributed by atoms with van der Waals surface area (Å²) < 4.78 is 15.8. The Morgan fingerprint density at radius 2 is 1.88 bits per heavy atom. The van der Waals surface area contributed by atoms with Crippen LogP contribution in [0.3, 0.4) is 0 Å². The second kappa shape index (κ2) is 9.22. The van der Waals surface area contributed by atoms with Crippen LogP contribution in [0.2, 0.25) is 0 Å². The number of aryl methyl sites for hydroxylation is 1. The van der Waals surface area contributed by atoms with Gasteiger partial charge >= 0.3 is 5.97 Å². The molecule has 0 amide bonds. The lowest BCUT2D eigenvalue weighted by Crippen LogP contribution is -2.18. The first-order valence-corrected chi connectivity index (χ1v) is 7.94. The highest BCUT2D eigenvalue weighted by molar-refractivity contribution is 5.75. The summed E-state index contributed by atoms with van der Waals surface area (Å²) in [6.07, 6.45) is 3.06. The maximum absolute atomic E-state index is 12.0. The molecule has 0 atom stereocenters. The highest BCUT2D eigenvalue weighted by Crippen LogP contribution is 2.28. The summed E-state index contributed by atoms with van der Waals surface area (Å²) in [4.78, 5) is 21.8. The molecule has 0 aliphatic carbocycles. The minimum atomic E-state index is -0.587. The van der Waals surface area contributed by atoms with Crippen LogP contribution in [-0.2, 0) is 11.2 Å². The summed E-state index contributed by atoms with van der Waals surface area (Å²) in [5, 5.41) is 10.4. The Balaban J connectivity index is 1.97. The summed E-state index contributed by atoms with van der Waals surface area (Å²) in [7, 11) is 1.42. The molecular weight excluding hydrogens is 338 g/mol. The number of hydrogen-bond donors (Lipinski definition) is 0. The molecule has 2 aromatic carbocycles. The summed E-state index contributed by atoms with van der Waals surface area (Å²) in [5.74, 6) is 0.486. The second-order valence-corrected chi connectivity index (χ2v) is 5.27. The smallest absolute Gasteiger partial charge is 0.349 e. The van der Waals surface area contributed by atoms with Crippen LogP contribution in [0.5, 0.6) is 17.2 Å². The number of nitrogens with zero attached hydrogens (tertiary/aromatic N) is 1. The van der Waals surface area contributed by atoms with Gasteiger partial charge in [-0.2, -0.15) is 0 Å². The van der Waals surface area contributed by atoms with Crippen molar-refractivity contribution in [1.82, 2.24) is 0 Å². The van der Waals surface area contributed by atoms with Crippen molar-refractivity contribution in [2.75, 3.05) is 13.7 Å². The Morgan fingerprint density at radius 3 is 2.50 bits per heavy atom. The molecule has 0 saturated heterocycles. The van der Waals surface area contributed by atoms with E-state index in [-0.39, 0.29) is 18.1 Å². The van der Waals surface area contributed by atoms with Crippen LogP contribution < -0.4 is 14.2 Å². The number of hydrogen-bond acceptors (Lipinski definition) is 6. The van der Waals surface area contributed by atoms with Crippen LogP contribution in [0.4, 0.5) is 0 Å². The molecule has 7 nitrogen and oxygen atoms in total. The van der Waals surface area contributed by atoms with E-state index >= 15 is 0 Å². The van der Waals surface area contributed by atoms with Crippen molar-refractivity contribution >= 4 is 12.0 Å². The van der Waals surface area contributed by atoms with Gasteiger partial charge in [0, 0.05) is 6.08 Å². The first-order valence-electron chi connectivity index (χ1n) is 7.94. The van der Waals surface area contributed by atoms with Gasteiger partial charge in [0.2, 0.25) is 6.20 Å². The number of benzene rings is 2. The Kier molecular flexibility index (Phi) is 6.73. The minimum Gasteiger partial charge on any atom is -0.493 e. The van der Waals surface area contributed by atoms with Crippen LogP contribution in [0.1, 0.15) is 18.1 Å². The van der Waals surface area contributed by atoms with E-state index < -0.39 is 10.9 Å². The Labute approximate surface area is 151 Å². The molecule has 0 aliphatic heterocycles. The maximum atomic E-state index is 12.0. The summed E-state index contributed by atoms with van der Waals surface area (Å²) in [6, 6.07) is 12.1. The molecule has 0 unspecified atom stereocenters. The molecule has 7 heteroatoms. The van der Waals surface area contributed by atoms with E-state index in [2.05, 4.69) is 6.92 Å². The van der Waals surface area contributed by atoms with Crippen molar-refractivity contribution in [3.05, 3.63) is 69.9 Å². The third kappa shape index (κ3) is 5.62. The fourth-order valence-corrected chi connectivity index (χ4v) is 2.13. The van der Waals surface area contributed by atoms with Crippen molar-refractivity contribution < 1.29 is 23.9 Å². The van der Waals surface area contributed by atoms with Gasteiger partial charge in [-0.15, -0.1) is 0 Å². The molecule has 0 spiro atoms. The third-order valence-electron chi connectivity index (χ3n) is 3.49. The van der Waals surface area contributed by atoms with E-state index in [1.807, 2.05) is 12.1 Å².